The van der Waals surface area contributed by atoms with Crippen molar-refractivity contribution in [2.45, 2.75) is 4.90 Å². The van der Waals surface area contributed by atoms with Crippen LogP contribution in [0.1, 0.15) is 20.7 Å². The third-order valence-electron chi connectivity index (χ3n) is 5.30. The van der Waals surface area contributed by atoms with Gasteiger partial charge in [0.25, 0.3) is 5.91 Å². The third kappa shape index (κ3) is 5.79. The predicted molar refractivity (Wildman–Crippen MR) is 143 cm³/mol. The average Bonchev–Trinajstić information content (AvgIpc) is 2.87. The molecule has 4 aromatic carbocycles. The molecule has 0 unspecified atom stereocenters. The molecule has 0 fully saturated rings. The zero-order valence-electron chi connectivity index (χ0n) is 19.1. The zero-order chi connectivity index (χ0) is 25.7. The zero-order valence-corrected chi connectivity index (χ0v) is 20.7. The largest absolute Gasteiger partial charge is 0.495 e. The van der Waals surface area contributed by atoms with E-state index in [1.807, 2.05) is 0 Å². The smallest absolute Gasteiger partial charge is 0.336 e. The minimum absolute atomic E-state index is 0.0682. The van der Waals surface area contributed by atoms with Crippen molar-refractivity contribution in [3.05, 3.63) is 95.0 Å². The van der Waals surface area contributed by atoms with E-state index < -0.39 is 11.9 Å². The number of amides is 2. The van der Waals surface area contributed by atoms with Crippen LogP contribution in [0.3, 0.4) is 0 Å². The van der Waals surface area contributed by atoms with Crippen molar-refractivity contribution in [2.24, 2.45) is 0 Å². The summed E-state index contributed by atoms with van der Waals surface area (Å²) in [5.74, 6) is -1.05. The molecule has 0 saturated carbocycles. The van der Waals surface area contributed by atoms with Crippen LogP contribution in [0, 0.1) is 0 Å². The van der Waals surface area contributed by atoms with Gasteiger partial charge >= 0.3 is 5.97 Å². The number of carboxylic acid groups (broad SMARTS) is 1. The van der Waals surface area contributed by atoms with Gasteiger partial charge < -0.3 is 20.5 Å². The highest BCUT2D eigenvalue weighted by Gasteiger charge is 2.17. The number of hydrogen-bond acceptors (Lipinski definition) is 5. The van der Waals surface area contributed by atoms with Crippen LogP contribution in [0.25, 0.3) is 10.8 Å². The highest BCUT2D eigenvalue weighted by atomic mass is 35.5. The number of aromatic carboxylic acids is 1. The van der Waals surface area contributed by atoms with E-state index in [9.17, 15) is 19.5 Å². The summed E-state index contributed by atoms with van der Waals surface area (Å²) in [5, 5.41) is 16.7. The summed E-state index contributed by atoms with van der Waals surface area (Å²) in [6.07, 6.45) is 0. The lowest BCUT2D eigenvalue weighted by atomic mass is 9.98. The quantitative estimate of drug-likeness (QED) is 0.239. The molecule has 0 atom stereocenters. The first-order valence-corrected chi connectivity index (χ1v) is 12.1. The molecular formula is C27H21ClN2O5S. The van der Waals surface area contributed by atoms with Crippen molar-refractivity contribution >= 4 is 63.3 Å². The molecule has 7 nitrogen and oxygen atoms in total. The van der Waals surface area contributed by atoms with Crippen molar-refractivity contribution in [3.8, 4) is 5.75 Å². The Morgan fingerprint density at radius 2 is 1.61 bits per heavy atom. The highest BCUT2D eigenvalue weighted by molar-refractivity contribution is 8.00. The van der Waals surface area contributed by atoms with Gasteiger partial charge in [-0.3, -0.25) is 9.59 Å². The van der Waals surface area contributed by atoms with Crippen LogP contribution >= 0.6 is 23.4 Å². The van der Waals surface area contributed by atoms with E-state index in [4.69, 9.17) is 16.3 Å². The number of fused-ring (bicyclic) bond motifs is 1. The third-order valence-corrected chi connectivity index (χ3v) is 6.54. The van der Waals surface area contributed by atoms with Gasteiger partial charge in [-0.1, -0.05) is 35.9 Å². The van der Waals surface area contributed by atoms with Crippen LogP contribution in [-0.2, 0) is 4.79 Å². The summed E-state index contributed by atoms with van der Waals surface area (Å²) < 4.78 is 5.24. The number of carbonyl (C=O) groups is 3. The lowest BCUT2D eigenvalue weighted by Gasteiger charge is -2.11. The highest BCUT2D eigenvalue weighted by Crippen LogP contribution is 2.29. The van der Waals surface area contributed by atoms with Gasteiger partial charge in [0.1, 0.15) is 5.75 Å². The molecule has 0 aliphatic carbocycles. The first kappa shape index (κ1) is 25.1. The molecule has 0 aliphatic rings. The number of anilines is 2. The molecule has 36 heavy (non-hydrogen) atoms. The second kappa shape index (κ2) is 11.2. The van der Waals surface area contributed by atoms with Gasteiger partial charge in [0.05, 0.1) is 24.1 Å². The van der Waals surface area contributed by atoms with E-state index in [0.29, 0.717) is 32.9 Å². The van der Waals surface area contributed by atoms with Crippen LogP contribution < -0.4 is 15.4 Å². The Hall–Kier alpha value is -4.01. The lowest BCUT2D eigenvalue weighted by molar-refractivity contribution is -0.113. The number of nitrogens with one attached hydrogen (secondary N) is 2. The van der Waals surface area contributed by atoms with Crippen molar-refractivity contribution < 1.29 is 24.2 Å². The summed E-state index contributed by atoms with van der Waals surface area (Å²) >= 11 is 7.33. The van der Waals surface area contributed by atoms with Gasteiger partial charge in [0.2, 0.25) is 5.91 Å². The molecule has 0 aliphatic heterocycles. The van der Waals surface area contributed by atoms with Gasteiger partial charge in [-0.25, -0.2) is 4.79 Å². The second-order valence-corrected chi connectivity index (χ2v) is 9.16. The Kier molecular flexibility index (Phi) is 7.77. The number of halogens is 1. The molecule has 182 valence electrons. The Balaban J connectivity index is 1.40. The maximum atomic E-state index is 13.0. The van der Waals surface area contributed by atoms with E-state index in [1.165, 1.54) is 24.9 Å². The number of rotatable bonds is 8. The van der Waals surface area contributed by atoms with Crippen molar-refractivity contribution in [2.75, 3.05) is 23.5 Å². The van der Waals surface area contributed by atoms with Crippen LogP contribution in [0.5, 0.6) is 5.75 Å². The maximum Gasteiger partial charge on any atom is 0.336 e. The first-order chi connectivity index (χ1) is 17.4. The van der Waals surface area contributed by atoms with E-state index in [-0.39, 0.29) is 22.8 Å². The fourth-order valence-corrected chi connectivity index (χ4v) is 4.52. The molecule has 0 aromatic heterocycles. The Morgan fingerprint density at radius 3 is 2.28 bits per heavy atom. The Morgan fingerprint density at radius 1 is 0.917 bits per heavy atom. The number of ether oxygens (including phenoxy) is 1. The van der Waals surface area contributed by atoms with E-state index in [0.717, 1.165) is 4.90 Å². The van der Waals surface area contributed by atoms with Gasteiger partial charge in [0.15, 0.2) is 0 Å². The summed E-state index contributed by atoms with van der Waals surface area (Å²) in [7, 11) is 1.51. The average molecular weight is 521 g/mol. The Bertz CT molecular complexity index is 1450. The van der Waals surface area contributed by atoms with Crippen LogP contribution in [-0.4, -0.2) is 35.8 Å². The van der Waals surface area contributed by atoms with Crippen LogP contribution in [0.4, 0.5) is 11.4 Å². The number of carboxylic acids is 1. The fourth-order valence-electron chi connectivity index (χ4n) is 3.65. The summed E-state index contributed by atoms with van der Waals surface area (Å²) in [6, 6.07) is 22.0. The fraction of sp³-hybridized carbons (Fsp3) is 0.0741. The molecule has 4 rings (SSSR count). The minimum Gasteiger partial charge on any atom is -0.495 e. The van der Waals surface area contributed by atoms with Gasteiger partial charge in [-0.15, -0.1) is 11.8 Å². The normalized spacial score (nSPS) is 10.6. The minimum atomic E-state index is -1.10. The molecule has 3 N–H and O–H groups in total. The van der Waals surface area contributed by atoms with Crippen molar-refractivity contribution in [1.29, 1.82) is 0 Å². The van der Waals surface area contributed by atoms with Gasteiger partial charge in [0, 0.05) is 26.6 Å². The molecule has 0 bridgehead atoms. The molecule has 0 spiro atoms. The number of methoxy groups -OCH3 is 1. The van der Waals surface area contributed by atoms with Gasteiger partial charge in [-0.2, -0.15) is 0 Å². The summed E-state index contributed by atoms with van der Waals surface area (Å²) in [5.41, 5.74) is 1.38. The van der Waals surface area contributed by atoms with Crippen LogP contribution in [0.15, 0.2) is 83.8 Å². The van der Waals surface area contributed by atoms with Gasteiger partial charge in [-0.05, 0) is 60.0 Å². The molecular weight excluding hydrogens is 500 g/mol. The number of thioether (sulfide) groups is 1. The van der Waals surface area contributed by atoms with Crippen LogP contribution in [0.2, 0.25) is 5.02 Å². The number of benzene rings is 4. The predicted octanol–water partition coefficient (Wildman–Crippen LogP) is 6.18. The second-order valence-electron chi connectivity index (χ2n) is 7.67. The monoisotopic (exact) mass is 520 g/mol. The standard InChI is InChI=1S/C27H21ClN2O5S/c1-35-23-13-8-17(28)14-22(23)30-24(31)15-36-19-11-9-18(10-12-19)29-26(32)20-6-2-4-16-5-3-7-21(25(16)20)27(33)34/h2-14H,15H2,1H3,(H,29,32)(H,30,31)(H,33,34). The molecule has 9 heteroatoms. The first-order valence-electron chi connectivity index (χ1n) is 10.8. The van der Waals surface area contributed by atoms with Crippen molar-refractivity contribution in [3.63, 3.8) is 0 Å². The SMILES string of the molecule is COc1ccc(Cl)cc1NC(=O)CSc1ccc(NC(=O)c2cccc3cccc(C(=O)O)c23)cc1. The maximum absolute atomic E-state index is 13.0. The topological polar surface area (TPSA) is 105 Å². The van der Waals surface area contributed by atoms with Crippen molar-refractivity contribution in [1.82, 2.24) is 0 Å². The molecule has 2 amide bonds. The Labute approximate surface area is 216 Å². The molecule has 0 radical (unpaired) electrons. The molecule has 0 saturated heterocycles. The lowest BCUT2D eigenvalue weighted by Crippen LogP contribution is -2.15. The molecule has 0 heterocycles. The van der Waals surface area contributed by atoms with E-state index in [2.05, 4.69) is 10.6 Å². The summed E-state index contributed by atoms with van der Waals surface area (Å²) in [6.45, 7) is 0. The number of carbonyl (C=O) groups excluding carboxylic acids is 2. The summed E-state index contributed by atoms with van der Waals surface area (Å²) in [4.78, 5) is 37.9. The van der Waals surface area contributed by atoms with E-state index in [1.54, 1.807) is 72.8 Å². The molecule has 4 aromatic rings. The number of hydrogen-bond donors (Lipinski definition) is 3. The van der Waals surface area contributed by atoms with E-state index >= 15 is 0 Å².